The van der Waals surface area contributed by atoms with Gasteiger partial charge in [-0.2, -0.15) is 13.2 Å². The molecule has 0 aliphatic heterocycles. The van der Waals surface area contributed by atoms with E-state index >= 15 is 0 Å². The monoisotopic (exact) mass is 341 g/mol. The molecule has 0 saturated carbocycles. The van der Waals surface area contributed by atoms with Crippen LogP contribution in [-0.2, 0) is 0 Å². The van der Waals surface area contributed by atoms with Crippen LogP contribution in [0, 0.1) is 11.8 Å². The molecular weight excluding hydrogens is 328 g/mol. The van der Waals surface area contributed by atoms with Gasteiger partial charge in [-0.15, -0.1) is 13.2 Å². The normalized spacial score (nSPS) is 13.4. The maximum atomic E-state index is 12.1. The molecule has 3 nitrogen and oxygen atoms in total. The molecule has 23 heavy (non-hydrogen) atoms. The largest absolute Gasteiger partial charge is 0.573 e. The van der Waals surface area contributed by atoms with Gasteiger partial charge < -0.3 is 9.84 Å². The summed E-state index contributed by atoms with van der Waals surface area (Å²) in [6.07, 6.45) is -11.9. The van der Waals surface area contributed by atoms with E-state index in [1.165, 1.54) is 24.1 Å². The summed E-state index contributed by atoms with van der Waals surface area (Å²) in [5, 5.41) is 8.88. The Morgan fingerprint density at radius 1 is 1.13 bits per heavy atom. The smallest absolute Gasteiger partial charge is 0.406 e. The van der Waals surface area contributed by atoms with Gasteiger partial charge in [0.05, 0.1) is 6.54 Å². The zero-order valence-corrected chi connectivity index (χ0v) is 11.9. The van der Waals surface area contributed by atoms with Crippen LogP contribution < -0.4 is 4.74 Å². The molecule has 0 radical (unpaired) electrons. The molecule has 0 heterocycles. The number of hydrogen-bond acceptors (Lipinski definition) is 3. The van der Waals surface area contributed by atoms with Gasteiger partial charge in [-0.25, -0.2) is 0 Å². The van der Waals surface area contributed by atoms with E-state index in [0.717, 1.165) is 12.1 Å². The molecule has 1 unspecified atom stereocenters. The number of likely N-dealkylation sites (N-methyl/N-ethyl adjacent to an activating group) is 1. The lowest BCUT2D eigenvalue weighted by molar-refractivity contribution is -0.274. The number of aliphatic hydroxyl groups excluding tert-OH is 1. The van der Waals surface area contributed by atoms with Crippen molar-refractivity contribution in [2.24, 2.45) is 0 Å². The van der Waals surface area contributed by atoms with Gasteiger partial charge in [0, 0.05) is 12.1 Å². The van der Waals surface area contributed by atoms with E-state index in [1.807, 2.05) is 0 Å². The van der Waals surface area contributed by atoms with Gasteiger partial charge in [-0.1, -0.05) is 11.8 Å². The average molecular weight is 341 g/mol. The predicted molar refractivity (Wildman–Crippen MR) is 69.6 cm³/mol. The van der Waals surface area contributed by atoms with Crippen LogP contribution >= 0.6 is 0 Å². The minimum atomic E-state index is -4.78. The number of nitrogens with zero attached hydrogens (tertiary/aromatic N) is 1. The minimum absolute atomic E-state index is 0.0477. The van der Waals surface area contributed by atoms with E-state index in [2.05, 4.69) is 16.6 Å². The summed E-state index contributed by atoms with van der Waals surface area (Å²) in [5.41, 5.74) is 0.379. The quantitative estimate of drug-likeness (QED) is 0.675. The molecule has 0 amide bonds. The first-order chi connectivity index (χ1) is 10.5. The van der Waals surface area contributed by atoms with Crippen LogP contribution in [0.3, 0.4) is 0 Å². The van der Waals surface area contributed by atoms with Crippen LogP contribution in [0.15, 0.2) is 24.3 Å². The SMILES string of the molecule is CN(CC#Cc1ccc(OC(F)(F)F)cc1)CC(O)C(F)(F)F. The van der Waals surface area contributed by atoms with Crippen molar-refractivity contribution < 1.29 is 36.2 Å². The number of hydrogen-bond donors (Lipinski definition) is 1. The van der Waals surface area contributed by atoms with E-state index < -0.39 is 30.9 Å². The summed E-state index contributed by atoms with van der Waals surface area (Å²) in [4.78, 5) is 1.17. The topological polar surface area (TPSA) is 32.7 Å². The van der Waals surface area contributed by atoms with E-state index in [0.29, 0.717) is 5.56 Å². The first-order valence-electron chi connectivity index (χ1n) is 6.25. The maximum absolute atomic E-state index is 12.1. The molecule has 1 N–H and O–H groups in total. The zero-order chi connectivity index (χ0) is 17.7. The number of halogens is 6. The molecule has 1 aromatic rings. The van der Waals surface area contributed by atoms with E-state index in [-0.39, 0.29) is 6.54 Å². The van der Waals surface area contributed by atoms with E-state index in [1.54, 1.807) is 0 Å². The third-order valence-corrected chi connectivity index (χ3v) is 2.53. The van der Waals surface area contributed by atoms with Crippen LogP contribution in [-0.4, -0.2) is 48.8 Å². The molecule has 1 rings (SSSR count). The molecule has 0 saturated heterocycles. The van der Waals surface area contributed by atoms with Crippen molar-refractivity contribution in [2.75, 3.05) is 20.1 Å². The summed E-state index contributed by atoms with van der Waals surface area (Å²) in [5.74, 6) is 4.75. The number of aliphatic hydroxyl groups is 1. The highest BCUT2D eigenvalue weighted by Crippen LogP contribution is 2.22. The van der Waals surface area contributed by atoms with Crippen LogP contribution in [0.5, 0.6) is 5.75 Å². The second-order valence-electron chi connectivity index (χ2n) is 4.63. The highest BCUT2D eigenvalue weighted by atomic mass is 19.4. The van der Waals surface area contributed by atoms with Crippen molar-refractivity contribution >= 4 is 0 Å². The number of ether oxygens (including phenoxy) is 1. The zero-order valence-electron chi connectivity index (χ0n) is 11.9. The molecule has 0 fully saturated rings. The summed E-state index contributed by atoms with van der Waals surface area (Å²) < 4.78 is 76.0. The third kappa shape index (κ3) is 7.76. The Labute approximate surface area is 128 Å². The van der Waals surface area contributed by atoms with Gasteiger partial charge in [0.2, 0.25) is 0 Å². The van der Waals surface area contributed by atoms with Gasteiger partial charge >= 0.3 is 12.5 Å². The van der Waals surface area contributed by atoms with Gasteiger partial charge in [-0.3, -0.25) is 4.90 Å². The Bertz CT molecular complexity index is 556. The Hall–Kier alpha value is -1.92. The number of alkyl halides is 6. The van der Waals surface area contributed by atoms with Crippen molar-refractivity contribution in [1.29, 1.82) is 0 Å². The fraction of sp³-hybridized carbons (Fsp3) is 0.429. The molecule has 0 spiro atoms. The van der Waals surface area contributed by atoms with Gasteiger partial charge in [0.15, 0.2) is 6.10 Å². The highest BCUT2D eigenvalue weighted by molar-refractivity contribution is 5.38. The van der Waals surface area contributed by atoms with Crippen LogP contribution in [0.1, 0.15) is 5.56 Å². The van der Waals surface area contributed by atoms with Gasteiger partial charge in [0.25, 0.3) is 0 Å². The van der Waals surface area contributed by atoms with Gasteiger partial charge in [0.1, 0.15) is 5.75 Å². The summed E-state index contributed by atoms with van der Waals surface area (Å²) in [6.45, 7) is -0.676. The molecule has 1 atom stereocenters. The Balaban J connectivity index is 2.53. The number of rotatable bonds is 4. The fourth-order valence-electron chi connectivity index (χ4n) is 1.48. The Morgan fingerprint density at radius 2 is 1.70 bits per heavy atom. The van der Waals surface area contributed by atoms with Gasteiger partial charge in [-0.05, 0) is 31.3 Å². The van der Waals surface area contributed by atoms with Crippen LogP contribution in [0.25, 0.3) is 0 Å². The van der Waals surface area contributed by atoms with E-state index in [9.17, 15) is 26.3 Å². The Kier molecular flexibility index (Phi) is 6.29. The summed E-state index contributed by atoms with van der Waals surface area (Å²) in [6, 6.07) is 4.74. The molecule has 1 aromatic carbocycles. The molecular formula is C14H13F6NO2. The molecule has 0 bridgehead atoms. The first kappa shape index (κ1) is 19.1. The molecule has 9 heteroatoms. The van der Waals surface area contributed by atoms with Crippen molar-refractivity contribution in [1.82, 2.24) is 4.90 Å². The standard InChI is InChI=1S/C14H13F6NO2/c1-21(9-12(22)13(15,16)17)8-2-3-10-4-6-11(7-5-10)23-14(18,19)20/h4-7,12,22H,8-9H2,1H3. The van der Waals surface area contributed by atoms with Crippen LogP contribution in [0.4, 0.5) is 26.3 Å². The van der Waals surface area contributed by atoms with Crippen molar-refractivity contribution in [2.45, 2.75) is 18.6 Å². The third-order valence-electron chi connectivity index (χ3n) is 2.53. The molecule has 0 aromatic heterocycles. The predicted octanol–water partition coefficient (Wildman–Crippen LogP) is 2.79. The first-order valence-corrected chi connectivity index (χ1v) is 6.25. The summed E-state index contributed by atoms with van der Waals surface area (Å²) >= 11 is 0. The van der Waals surface area contributed by atoms with Crippen molar-refractivity contribution in [3.63, 3.8) is 0 Å². The minimum Gasteiger partial charge on any atom is -0.406 e. The second-order valence-corrected chi connectivity index (χ2v) is 4.63. The fourth-order valence-corrected chi connectivity index (χ4v) is 1.48. The molecule has 0 aliphatic carbocycles. The average Bonchev–Trinajstić information content (AvgIpc) is 2.38. The van der Waals surface area contributed by atoms with Crippen LogP contribution in [0.2, 0.25) is 0 Å². The Morgan fingerprint density at radius 3 is 2.17 bits per heavy atom. The lowest BCUT2D eigenvalue weighted by Gasteiger charge is -2.20. The van der Waals surface area contributed by atoms with Crippen molar-refractivity contribution in [3.8, 4) is 17.6 Å². The lowest BCUT2D eigenvalue weighted by atomic mass is 10.2. The lowest BCUT2D eigenvalue weighted by Crippen LogP contribution is -2.39. The molecule has 128 valence electrons. The number of benzene rings is 1. The highest BCUT2D eigenvalue weighted by Gasteiger charge is 2.38. The maximum Gasteiger partial charge on any atom is 0.573 e. The molecule has 0 aliphatic rings. The summed E-state index contributed by atoms with van der Waals surface area (Å²) in [7, 11) is 1.35. The van der Waals surface area contributed by atoms with Crippen molar-refractivity contribution in [3.05, 3.63) is 29.8 Å². The second kappa shape index (κ2) is 7.57. The van der Waals surface area contributed by atoms with E-state index in [4.69, 9.17) is 5.11 Å².